The van der Waals surface area contributed by atoms with Gasteiger partial charge >= 0.3 is 0 Å². The maximum Gasteiger partial charge on any atom is 0.176 e. The molecule has 0 aliphatic carbocycles. The quantitative estimate of drug-likeness (QED) is 0.148. The highest BCUT2D eigenvalue weighted by Crippen LogP contribution is 2.32. The molecule has 0 bridgehead atoms. The lowest BCUT2D eigenvalue weighted by Gasteiger charge is -2.10. The molecule has 27 heavy (non-hydrogen) atoms. The van der Waals surface area contributed by atoms with Gasteiger partial charge in [0.05, 0.1) is 0 Å². The van der Waals surface area contributed by atoms with Crippen molar-refractivity contribution in [3.8, 4) is 0 Å². The van der Waals surface area contributed by atoms with Gasteiger partial charge in [-0.1, -0.05) is 52.7 Å². The van der Waals surface area contributed by atoms with Crippen LogP contribution in [0.3, 0.4) is 0 Å². The second kappa shape index (κ2) is 7.02. The smallest absolute Gasteiger partial charge is 0.176 e. The number of halogens is 2. The van der Waals surface area contributed by atoms with E-state index in [4.69, 9.17) is 34.5 Å². The Bertz CT molecular complexity index is 1210. The number of benzene rings is 3. The minimum absolute atomic E-state index is 0.0250. The number of nitrogens with zero attached hydrogens (tertiary/aromatic N) is 3. The normalized spacial score (nSPS) is 11.6. The van der Waals surface area contributed by atoms with Crippen LogP contribution in [0.1, 0.15) is 11.1 Å². The van der Waals surface area contributed by atoms with Gasteiger partial charge < -0.3 is 10.4 Å². The molecule has 0 amide bonds. The van der Waals surface area contributed by atoms with Gasteiger partial charge in [0.2, 0.25) is 0 Å². The molecule has 7 heteroatoms. The van der Waals surface area contributed by atoms with Gasteiger partial charge in [0.25, 0.3) is 0 Å². The Morgan fingerprint density at radius 2 is 1.74 bits per heavy atom. The van der Waals surface area contributed by atoms with Gasteiger partial charge in [0, 0.05) is 44.0 Å². The van der Waals surface area contributed by atoms with Gasteiger partial charge in [-0.05, 0) is 42.0 Å². The van der Waals surface area contributed by atoms with Crippen LogP contribution in [-0.4, -0.2) is 10.4 Å². The van der Waals surface area contributed by atoms with E-state index in [1.165, 1.54) is 0 Å². The summed E-state index contributed by atoms with van der Waals surface area (Å²) >= 11 is 12.4. The summed E-state index contributed by atoms with van der Waals surface area (Å²) in [7, 11) is 0. The molecule has 1 heterocycles. The first-order valence-electron chi connectivity index (χ1n) is 8.23. The van der Waals surface area contributed by atoms with Crippen LogP contribution < -0.4 is 5.84 Å². The topological polar surface area (TPSA) is 79.5 Å². The summed E-state index contributed by atoms with van der Waals surface area (Å²) < 4.78 is 2.21. The molecule has 4 rings (SSSR count). The average Bonchev–Trinajstić information content (AvgIpc) is 2.97. The molecule has 1 aromatic heterocycles. The zero-order valence-corrected chi connectivity index (χ0v) is 15.7. The van der Waals surface area contributed by atoms with Crippen LogP contribution >= 0.6 is 23.2 Å². The fourth-order valence-corrected chi connectivity index (χ4v) is 3.78. The Hall–Kier alpha value is -2.89. The highest BCUT2D eigenvalue weighted by Gasteiger charge is 2.13. The number of hydrogen-bond donors (Lipinski definition) is 2. The van der Waals surface area contributed by atoms with E-state index in [1.807, 2.05) is 42.5 Å². The minimum atomic E-state index is 0.0250. The van der Waals surface area contributed by atoms with Gasteiger partial charge in [0.15, 0.2) is 5.84 Å². The van der Waals surface area contributed by atoms with E-state index < -0.39 is 0 Å². The lowest BCUT2D eigenvalue weighted by atomic mass is 10.1. The van der Waals surface area contributed by atoms with E-state index in [0.29, 0.717) is 22.2 Å². The molecule has 0 aliphatic heterocycles. The van der Waals surface area contributed by atoms with Crippen LogP contribution in [-0.2, 0) is 6.54 Å². The van der Waals surface area contributed by atoms with Crippen molar-refractivity contribution in [3.63, 3.8) is 0 Å². The van der Waals surface area contributed by atoms with E-state index >= 15 is 0 Å². The van der Waals surface area contributed by atoms with Crippen LogP contribution in [0.5, 0.6) is 0 Å². The number of para-hydroxylation sites is 1. The SMILES string of the molecule is N=C(/N=N\N)c1ccc2c(c1)c1ccccc1n2Cc1ccc(Cl)cc1Cl. The third kappa shape index (κ3) is 3.16. The van der Waals surface area contributed by atoms with Crippen molar-refractivity contribution >= 4 is 50.8 Å². The summed E-state index contributed by atoms with van der Waals surface area (Å²) in [6.07, 6.45) is 0. The van der Waals surface area contributed by atoms with Crippen molar-refractivity contribution in [1.82, 2.24) is 4.57 Å². The Labute approximate surface area is 165 Å². The fraction of sp³-hybridized carbons (Fsp3) is 0.0500. The summed E-state index contributed by atoms with van der Waals surface area (Å²) in [6, 6.07) is 19.4. The molecule has 5 nitrogen and oxygen atoms in total. The summed E-state index contributed by atoms with van der Waals surface area (Å²) in [5.41, 5.74) is 3.77. The van der Waals surface area contributed by atoms with Crippen LogP contribution in [0.2, 0.25) is 10.0 Å². The van der Waals surface area contributed by atoms with Gasteiger partial charge in [-0.25, -0.2) is 0 Å². The number of rotatable bonds is 3. The zero-order chi connectivity index (χ0) is 19.0. The highest BCUT2D eigenvalue weighted by molar-refractivity contribution is 6.35. The van der Waals surface area contributed by atoms with E-state index in [0.717, 1.165) is 27.4 Å². The molecule has 0 fully saturated rings. The molecule has 0 atom stereocenters. The average molecular weight is 396 g/mol. The summed E-state index contributed by atoms with van der Waals surface area (Å²) in [5, 5.41) is 18.2. The third-order valence-electron chi connectivity index (χ3n) is 4.55. The van der Waals surface area contributed by atoms with Gasteiger partial charge in [-0.3, -0.25) is 5.41 Å². The van der Waals surface area contributed by atoms with Crippen molar-refractivity contribution < 1.29 is 0 Å². The maximum absolute atomic E-state index is 7.97. The predicted molar refractivity (Wildman–Crippen MR) is 111 cm³/mol. The van der Waals surface area contributed by atoms with Crippen molar-refractivity contribution in [3.05, 3.63) is 81.8 Å². The standard InChI is InChI=1S/C20H15Cl2N5/c21-14-7-5-13(17(22)10-14)11-27-18-4-2-1-3-15(18)16-9-12(6-8-19(16)27)20(23)25-26-24/h1-10H,11H2,(H3,23,24,25). The second-order valence-corrected chi connectivity index (χ2v) is 6.98. The Morgan fingerprint density at radius 3 is 2.52 bits per heavy atom. The van der Waals surface area contributed by atoms with E-state index in [9.17, 15) is 0 Å². The van der Waals surface area contributed by atoms with Gasteiger partial charge in [-0.2, -0.15) is 0 Å². The molecule has 0 saturated heterocycles. The van der Waals surface area contributed by atoms with Gasteiger partial charge in [0.1, 0.15) is 0 Å². The maximum atomic E-state index is 7.97. The molecule has 4 aromatic rings. The first-order chi connectivity index (χ1) is 13.1. The molecular weight excluding hydrogens is 381 g/mol. The molecule has 0 aliphatic rings. The Morgan fingerprint density at radius 1 is 0.963 bits per heavy atom. The highest BCUT2D eigenvalue weighted by atomic mass is 35.5. The van der Waals surface area contributed by atoms with Crippen molar-refractivity contribution in [2.45, 2.75) is 6.54 Å². The molecule has 3 N–H and O–H groups in total. The summed E-state index contributed by atoms with van der Waals surface area (Å²) in [4.78, 5) is 0. The van der Waals surface area contributed by atoms with E-state index in [2.05, 4.69) is 27.0 Å². The van der Waals surface area contributed by atoms with Crippen LogP contribution in [0.15, 0.2) is 71.0 Å². The monoisotopic (exact) mass is 395 g/mol. The molecule has 3 aromatic carbocycles. The first kappa shape index (κ1) is 17.5. The summed E-state index contributed by atoms with van der Waals surface area (Å²) in [6.45, 7) is 0.610. The number of aromatic nitrogens is 1. The summed E-state index contributed by atoms with van der Waals surface area (Å²) in [5.74, 6) is 5.10. The number of nitrogens with one attached hydrogen (secondary N) is 1. The lowest BCUT2D eigenvalue weighted by molar-refractivity contribution is 0.869. The largest absolute Gasteiger partial charge is 0.336 e. The lowest BCUT2D eigenvalue weighted by Crippen LogP contribution is -2.00. The third-order valence-corrected chi connectivity index (χ3v) is 5.13. The fourth-order valence-electron chi connectivity index (χ4n) is 3.31. The van der Waals surface area contributed by atoms with Crippen LogP contribution in [0.4, 0.5) is 0 Å². The van der Waals surface area contributed by atoms with Crippen molar-refractivity contribution in [1.29, 1.82) is 5.41 Å². The zero-order valence-electron chi connectivity index (χ0n) is 14.2. The number of nitrogens with two attached hydrogens (primary N) is 1. The van der Waals surface area contributed by atoms with Crippen LogP contribution in [0, 0.1) is 5.41 Å². The first-order valence-corrected chi connectivity index (χ1v) is 8.99. The van der Waals surface area contributed by atoms with Crippen molar-refractivity contribution in [2.24, 2.45) is 16.2 Å². The second-order valence-electron chi connectivity index (χ2n) is 6.14. The Balaban J connectivity index is 1.92. The van der Waals surface area contributed by atoms with E-state index in [-0.39, 0.29) is 5.84 Å². The molecule has 0 radical (unpaired) electrons. The van der Waals surface area contributed by atoms with Gasteiger partial charge in [-0.15, -0.1) is 5.11 Å². The van der Waals surface area contributed by atoms with Crippen molar-refractivity contribution in [2.75, 3.05) is 0 Å². The Kier molecular flexibility index (Phi) is 4.56. The molecule has 0 spiro atoms. The molecular formula is C20H15Cl2N5. The van der Waals surface area contributed by atoms with E-state index in [1.54, 1.807) is 6.07 Å². The predicted octanol–water partition coefficient (Wildman–Crippen LogP) is 5.80. The minimum Gasteiger partial charge on any atom is -0.336 e. The molecule has 0 unspecified atom stereocenters. The number of amidine groups is 1. The number of hydrogen-bond acceptors (Lipinski definition) is 2. The van der Waals surface area contributed by atoms with Crippen LogP contribution in [0.25, 0.3) is 21.8 Å². The molecule has 134 valence electrons. The number of fused-ring (bicyclic) bond motifs is 3. The molecule has 0 saturated carbocycles.